The van der Waals surface area contributed by atoms with Gasteiger partial charge in [0, 0.05) is 18.7 Å². The molecule has 3 nitrogen and oxygen atoms in total. The average molecular weight is 456 g/mol. The molecule has 7 heteroatoms. The smallest absolute Gasteiger partial charge is 0.156 e. The molecule has 1 heterocycles. The van der Waals surface area contributed by atoms with Gasteiger partial charge in [0.25, 0.3) is 0 Å². The van der Waals surface area contributed by atoms with Gasteiger partial charge in [-0.25, -0.2) is 0 Å². The Morgan fingerprint density at radius 1 is 1.15 bits per heavy atom. The predicted octanol–water partition coefficient (Wildman–Crippen LogP) is 2.64. The molecule has 0 aromatic heterocycles. The fourth-order valence-electron chi connectivity index (χ4n) is 3.59. The molecule has 1 aromatic carbocycles. The fraction of sp³-hybridized carbons (Fsp3) is 0.600. The zero-order valence-electron chi connectivity index (χ0n) is 15.9. The third kappa shape index (κ3) is 8.18. The second-order valence-electron chi connectivity index (χ2n) is 6.79. The Labute approximate surface area is 186 Å². The molecule has 1 fully saturated rings. The lowest BCUT2D eigenvalue weighted by Gasteiger charge is -2.36. The van der Waals surface area contributed by atoms with Crippen molar-refractivity contribution in [2.45, 2.75) is 39.0 Å². The largest absolute Gasteiger partial charge is 1.00 e. The van der Waals surface area contributed by atoms with Crippen LogP contribution in [0.15, 0.2) is 12.1 Å². The summed E-state index contributed by atoms with van der Waals surface area (Å²) in [4.78, 5) is 0. The first-order chi connectivity index (χ1) is 12.1. The Hall–Kier alpha value is -0.500. The maximum Gasteiger partial charge on any atom is 0.156 e. The molecule has 0 atom stereocenters. The van der Waals surface area contributed by atoms with Crippen LogP contribution in [0.25, 0.3) is 0 Å². The first-order valence-corrected chi connectivity index (χ1v) is 10.00. The molecule has 27 heavy (non-hydrogen) atoms. The molecule has 154 valence electrons. The number of terminal acetylenes is 1. The van der Waals surface area contributed by atoms with Crippen LogP contribution in [-0.2, 0) is 0 Å². The Balaban J connectivity index is 0.00000338. The SMILES string of the molecule is C#CC[N+]1(CCCOc2c(Cl)cc(NCC)cc2Cl)CCCCCC1.Cl.[Cl-]. The normalized spacial score (nSPS) is 15.5. The predicted molar refractivity (Wildman–Crippen MR) is 115 cm³/mol. The molecule has 0 spiro atoms. The Kier molecular flexibility index (Phi) is 13.4. The van der Waals surface area contributed by atoms with E-state index < -0.39 is 0 Å². The van der Waals surface area contributed by atoms with Gasteiger partial charge in [-0.2, -0.15) is 0 Å². The number of quaternary nitrogens is 1. The molecule has 2 rings (SSSR count). The van der Waals surface area contributed by atoms with Crippen LogP contribution >= 0.6 is 35.6 Å². The number of likely N-dealkylation sites (tertiary alicyclic amines) is 1. The van der Waals surface area contributed by atoms with Gasteiger partial charge in [0.2, 0.25) is 0 Å². The van der Waals surface area contributed by atoms with Gasteiger partial charge in [-0.15, -0.1) is 18.8 Å². The van der Waals surface area contributed by atoms with Gasteiger partial charge in [-0.05, 0) is 50.7 Å². The van der Waals surface area contributed by atoms with Crippen molar-refractivity contribution >= 4 is 41.3 Å². The van der Waals surface area contributed by atoms with Crippen molar-refractivity contribution in [2.24, 2.45) is 0 Å². The van der Waals surface area contributed by atoms with Gasteiger partial charge in [-0.1, -0.05) is 23.2 Å². The third-order valence-corrected chi connectivity index (χ3v) is 5.41. The summed E-state index contributed by atoms with van der Waals surface area (Å²) in [5, 5.41) is 4.30. The summed E-state index contributed by atoms with van der Waals surface area (Å²) in [6, 6.07) is 3.71. The van der Waals surface area contributed by atoms with Crippen molar-refractivity contribution in [3.8, 4) is 18.1 Å². The van der Waals surface area contributed by atoms with E-state index in [0.717, 1.165) is 36.2 Å². The summed E-state index contributed by atoms with van der Waals surface area (Å²) in [6.45, 7) is 7.69. The highest BCUT2D eigenvalue weighted by atomic mass is 35.5. The number of nitrogens with one attached hydrogen (secondary N) is 1. The maximum atomic E-state index is 6.32. The van der Waals surface area contributed by atoms with Crippen molar-refractivity contribution in [1.82, 2.24) is 0 Å². The average Bonchev–Trinajstić information content (AvgIpc) is 2.80. The molecule has 1 N–H and O–H groups in total. The summed E-state index contributed by atoms with van der Waals surface area (Å²) in [7, 11) is 0. The summed E-state index contributed by atoms with van der Waals surface area (Å²) < 4.78 is 6.92. The number of hydrogen-bond acceptors (Lipinski definition) is 2. The molecule has 1 aliphatic rings. The van der Waals surface area contributed by atoms with Crippen molar-refractivity contribution in [2.75, 3.05) is 44.6 Å². The Bertz CT molecular complexity index is 573. The minimum Gasteiger partial charge on any atom is -1.00 e. The molecule has 0 amide bonds. The van der Waals surface area contributed by atoms with E-state index in [2.05, 4.69) is 11.2 Å². The van der Waals surface area contributed by atoms with Crippen molar-refractivity contribution in [1.29, 1.82) is 0 Å². The van der Waals surface area contributed by atoms with Crippen LogP contribution in [0.5, 0.6) is 5.75 Å². The third-order valence-electron chi connectivity index (χ3n) is 4.84. The van der Waals surface area contributed by atoms with Crippen LogP contribution in [0.1, 0.15) is 39.0 Å². The second-order valence-corrected chi connectivity index (χ2v) is 7.60. The van der Waals surface area contributed by atoms with Crippen LogP contribution in [0, 0.1) is 12.3 Å². The lowest BCUT2D eigenvalue weighted by atomic mass is 10.2. The van der Waals surface area contributed by atoms with E-state index in [4.69, 9.17) is 34.4 Å². The maximum absolute atomic E-state index is 6.32. The summed E-state index contributed by atoms with van der Waals surface area (Å²) >= 11 is 12.6. The molecule has 0 aliphatic carbocycles. The van der Waals surface area contributed by atoms with Crippen LogP contribution in [0.2, 0.25) is 10.0 Å². The second kappa shape index (κ2) is 13.6. The zero-order valence-corrected chi connectivity index (χ0v) is 19.0. The topological polar surface area (TPSA) is 21.3 Å². The van der Waals surface area contributed by atoms with Gasteiger partial charge in [0.15, 0.2) is 5.75 Å². The number of rotatable bonds is 8. The minimum atomic E-state index is 0. The number of nitrogens with zero attached hydrogens (tertiary/aromatic N) is 1. The van der Waals surface area contributed by atoms with Crippen LogP contribution in [-0.4, -0.2) is 43.8 Å². The number of hydrogen-bond donors (Lipinski definition) is 1. The minimum absolute atomic E-state index is 0. The first kappa shape index (κ1) is 26.5. The molecule has 0 bridgehead atoms. The Morgan fingerprint density at radius 2 is 1.74 bits per heavy atom. The molecule has 1 aliphatic heterocycles. The van der Waals surface area contributed by atoms with E-state index in [9.17, 15) is 0 Å². The van der Waals surface area contributed by atoms with E-state index in [0.29, 0.717) is 22.4 Å². The highest BCUT2D eigenvalue weighted by molar-refractivity contribution is 6.37. The number of anilines is 1. The quantitative estimate of drug-likeness (QED) is 0.369. The summed E-state index contributed by atoms with van der Waals surface area (Å²) in [5.74, 6) is 3.46. The molecular formula is C20H30Cl4N2O. The van der Waals surface area contributed by atoms with Gasteiger partial charge in [0.1, 0.15) is 6.54 Å². The molecule has 1 saturated heterocycles. The van der Waals surface area contributed by atoms with Crippen molar-refractivity contribution < 1.29 is 21.6 Å². The van der Waals surface area contributed by atoms with E-state index in [1.165, 1.54) is 38.8 Å². The Morgan fingerprint density at radius 3 is 2.26 bits per heavy atom. The number of ether oxygens (including phenoxy) is 1. The fourth-order valence-corrected chi connectivity index (χ4v) is 4.19. The van der Waals surface area contributed by atoms with Crippen LogP contribution in [0.3, 0.4) is 0 Å². The monoisotopic (exact) mass is 454 g/mol. The zero-order chi connectivity index (χ0) is 18.1. The molecule has 0 saturated carbocycles. The van der Waals surface area contributed by atoms with E-state index >= 15 is 0 Å². The van der Waals surface area contributed by atoms with E-state index in [1.807, 2.05) is 19.1 Å². The first-order valence-electron chi connectivity index (χ1n) is 9.24. The number of benzene rings is 1. The van der Waals surface area contributed by atoms with Crippen molar-refractivity contribution in [3.63, 3.8) is 0 Å². The van der Waals surface area contributed by atoms with Crippen LogP contribution < -0.4 is 22.5 Å². The van der Waals surface area contributed by atoms with E-state index in [1.54, 1.807) is 0 Å². The number of halogens is 4. The summed E-state index contributed by atoms with van der Waals surface area (Å²) in [6.07, 6.45) is 11.8. The highest BCUT2D eigenvalue weighted by Crippen LogP contribution is 2.36. The molecular weight excluding hydrogens is 426 g/mol. The van der Waals surface area contributed by atoms with Gasteiger partial charge in [0.05, 0.1) is 36.3 Å². The molecule has 1 aromatic rings. The van der Waals surface area contributed by atoms with Gasteiger partial charge < -0.3 is 26.9 Å². The van der Waals surface area contributed by atoms with E-state index in [-0.39, 0.29) is 24.8 Å². The molecule has 0 unspecified atom stereocenters. The highest BCUT2D eigenvalue weighted by Gasteiger charge is 2.27. The van der Waals surface area contributed by atoms with Gasteiger partial charge in [-0.3, -0.25) is 0 Å². The van der Waals surface area contributed by atoms with Gasteiger partial charge >= 0.3 is 0 Å². The lowest BCUT2D eigenvalue weighted by Crippen LogP contribution is -3.00. The lowest BCUT2D eigenvalue weighted by molar-refractivity contribution is -0.921. The standard InChI is InChI=1S/C20H29Cl2N2O.2ClH/c1-3-10-24(11-7-5-6-8-12-24)13-9-14-25-20-18(21)15-17(23-4-2)16-19(20)22;;/h1,15-16,23H,4-14H2,2H3;2*1H/q+1;;/p-1. The molecule has 0 radical (unpaired) electrons. The summed E-state index contributed by atoms with van der Waals surface area (Å²) in [5.41, 5.74) is 0.910. The van der Waals surface area contributed by atoms with Crippen molar-refractivity contribution in [3.05, 3.63) is 22.2 Å². The van der Waals surface area contributed by atoms with Crippen LogP contribution in [0.4, 0.5) is 5.69 Å².